The SMILES string of the molecule is O=c1n(CCc2ccccc2)c(=O)n2n1CCC2. The van der Waals surface area contributed by atoms with E-state index in [1.165, 1.54) is 4.57 Å². The van der Waals surface area contributed by atoms with Gasteiger partial charge in [-0.15, -0.1) is 0 Å². The van der Waals surface area contributed by atoms with Gasteiger partial charge in [-0.25, -0.2) is 23.5 Å². The largest absolute Gasteiger partial charge is 0.347 e. The van der Waals surface area contributed by atoms with Crippen LogP contribution in [0.5, 0.6) is 0 Å². The Balaban J connectivity index is 1.87. The van der Waals surface area contributed by atoms with E-state index >= 15 is 0 Å². The summed E-state index contributed by atoms with van der Waals surface area (Å²) in [4.78, 5) is 24.0. The number of aromatic nitrogens is 3. The van der Waals surface area contributed by atoms with Gasteiger partial charge in [0, 0.05) is 19.6 Å². The number of rotatable bonds is 3. The van der Waals surface area contributed by atoms with Crippen molar-refractivity contribution in [2.45, 2.75) is 32.5 Å². The van der Waals surface area contributed by atoms with Gasteiger partial charge in [-0.3, -0.25) is 0 Å². The Kier molecular flexibility index (Phi) is 2.66. The van der Waals surface area contributed by atoms with E-state index in [2.05, 4.69) is 0 Å². The number of hydrogen-bond donors (Lipinski definition) is 0. The summed E-state index contributed by atoms with van der Waals surface area (Å²) in [6.45, 7) is 1.77. The average Bonchev–Trinajstić information content (AvgIpc) is 2.95. The lowest BCUT2D eigenvalue weighted by molar-refractivity contribution is 0.580. The lowest BCUT2D eigenvalue weighted by atomic mass is 10.1. The van der Waals surface area contributed by atoms with E-state index in [0.717, 1.165) is 12.0 Å². The van der Waals surface area contributed by atoms with Crippen LogP contribution in [-0.2, 0) is 26.1 Å². The van der Waals surface area contributed by atoms with Crippen LogP contribution in [0.3, 0.4) is 0 Å². The zero-order valence-corrected chi connectivity index (χ0v) is 10.1. The molecule has 2 heterocycles. The van der Waals surface area contributed by atoms with Crippen molar-refractivity contribution in [1.82, 2.24) is 13.9 Å². The van der Waals surface area contributed by atoms with E-state index in [9.17, 15) is 9.59 Å². The minimum absolute atomic E-state index is 0.173. The number of nitrogens with zero attached hydrogens (tertiary/aromatic N) is 3. The van der Waals surface area contributed by atoms with Gasteiger partial charge in [0.1, 0.15) is 0 Å². The number of hydrogen-bond acceptors (Lipinski definition) is 2. The zero-order chi connectivity index (χ0) is 12.5. The normalized spacial score (nSPS) is 13.8. The molecule has 1 aliphatic heterocycles. The van der Waals surface area contributed by atoms with Crippen molar-refractivity contribution in [3.05, 3.63) is 56.9 Å². The topological polar surface area (TPSA) is 48.9 Å². The average molecular weight is 245 g/mol. The third-order valence-electron chi connectivity index (χ3n) is 3.40. The first-order valence-corrected chi connectivity index (χ1v) is 6.22. The molecular formula is C13H15N3O2. The molecule has 5 nitrogen and oxygen atoms in total. The predicted molar refractivity (Wildman–Crippen MR) is 67.7 cm³/mol. The second-order valence-electron chi connectivity index (χ2n) is 4.55. The molecule has 0 radical (unpaired) electrons. The fourth-order valence-corrected chi connectivity index (χ4v) is 2.45. The molecule has 5 heteroatoms. The molecule has 18 heavy (non-hydrogen) atoms. The van der Waals surface area contributed by atoms with Crippen molar-refractivity contribution in [2.24, 2.45) is 0 Å². The summed E-state index contributed by atoms with van der Waals surface area (Å²) in [7, 11) is 0. The molecule has 0 saturated carbocycles. The van der Waals surface area contributed by atoms with E-state index < -0.39 is 0 Å². The maximum atomic E-state index is 12.0. The van der Waals surface area contributed by atoms with Gasteiger partial charge < -0.3 is 0 Å². The Morgan fingerprint density at radius 2 is 1.56 bits per heavy atom. The highest BCUT2D eigenvalue weighted by molar-refractivity contribution is 5.14. The predicted octanol–water partition coefficient (Wildman–Crippen LogP) is 0.458. The lowest BCUT2D eigenvalue weighted by Gasteiger charge is -2.00. The third kappa shape index (κ3) is 1.72. The van der Waals surface area contributed by atoms with E-state index in [4.69, 9.17) is 0 Å². The van der Waals surface area contributed by atoms with Gasteiger partial charge in [-0.05, 0) is 18.4 Å². The Morgan fingerprint density at radius 3 is 2.17 bits per heavy atom. The Hall–Kier alpha value is -2.04. The molecule has 1 aromatic carbocycles. The second kappa shape index (κ2) is 4.33. The number of benzene rings is 1. The molecule has 0 unspecified atom stereocenters. The van der Waals surface area contributed by atoms with E-state index in [1.54, 1.807) is 9.36 Å². The molecule has 0 atom stereocenters. The molecule has 0 fully saturated rings. The van der Waals surface area contributed by atoms with Crippen molar-refractivity contribution < 1.29 is 0 Å². The monoisotopic (exact) mass is 245 g/mol. The molecule has 3 rings (SSSR count). The van der Waals surface area contributed by atoms with Crippen LogP contribution >= 0.6 is 0 Å². The maximum absolute atomic E-state index is 12.0. The highest BCUT2D eigenvalue weighted by Crippen LogP contribution is 2.02. The molecule has 0 saturated heterocycles. The Morgan fingerprint density at radius 1 is 0.944 bits per heavy atom. The Bertz CT molecular complexity index is 628. The molecule has 0 amide bonds. The van der Waals surface area contributed by atoms with E-state index in [-0.39, 0.29) is 11.4 Å². The molecule has 0 bridgehead atoms. The highest BCUT2D eigenvalue weighted by Gasteiger charge is 2.19. The van der Waals surface area contributed by atoms with Gasteiger partial charge in [-0.1, -0.05) is 30.3 Å². The van der Waals surface area contributed by atoms with Crippen LogP contribution in [-0.4, -0.2) is 13.9 Å². The van der Waals surface area contributed by atoms with Gasteiger partial charge in [0.2, 0.25) is 0 Å². The third-order valence-corrected chi connectivity index (χ3v) is 3.40. The smallest absolute Gasteiger partial charge is 0.246 e. The summed E-state index contributed by atoms with van der Waals surface area (Å²) in [5.41, 5.74) is 0.794. The molecule has 0 aliphatic carbocycles. The van der Waals surface area contributed by atoms with E-state index in [0.29, 0.717) is 26.1 Å². The molecule has 0 spiro atoms. The molecule has 2 aromatic rings. The van der Waals surface area contributed by atoms with Crippen LogP contribution < -0.4 is 11.4 Å². The van der Waals surface area contributed by atoms with Crippen LogP contribution in [0.15, 0.2) is 39.9 Å². The van der Waals surface area contributed by atoms with Gasteiger partial charge >= 0.3 is 11.4 Å². The van der Waals surface area contributed by atoms with Crippen molar-refractivity contribution in [1.29, 1.82) is 0 Å². The zero-order valence-electron chi connectivity index (χ0n) is 10.1. The van der Waals surface area contributed by atoms with Gasteiger partial charge in [0.25, 0.3) is 0 Å². The van der Waals surface area contributed by atoms with Crippen molar-refractivity contribution in [2.75, 3.05) is 0 Å². The first kappa shape index (κ1) is 11.1. The minimum Gasteiger partial charge on any atom is -0.246 e. The van der Waals surface area contributed by atoms with Gasteiger partial charge in [0.05, 0.1) is 0 Å². The summed E-state index contributed by atoms with van der Waals surface area (Å²) < 4.78 is 4.44. The molecular weight excluding hydrogens is 230 g/mol. The second-order valence-corrected chi connectivity index (χ2v) is 4.55. The molecule has 0 N–H and O–H groups in total. The van der Waals surface area contributed by atoms with Crippen molar-refractivity contribution >= 4 is 0 Å². The summed E-state index contributed by atoms with van der Waals surface area (Å²) in [5, 5.41) is 0. The number of aryl methyl sites for hydroxylation is 1. The summed E-state index contributed by atoms with van der Waals surface area (Å²) >= 11 is 0. The van der Waals surface area contributed by atoms with Crippen LogP contribution in [0.25, 0.3) is 0 Å². The first-order chi connectivity index (χ1) is 8.77. The standard InChI is InChI=1S/C13H15N3O2/c17-12-14(10-7-11-5-2-1-3-6-11)13(18)16-9-4-8-15(12)16/h1-3,5-6H,4,7-10H2. The fraction of sp³-hybridized carbons (Fsp3) is 0.385. The Labute approximate surface area is 104 Å². The minimum atomic E-state index is -0.173. The van der Waals surface area contributed by atoms with Crippen molar-refractivity contribution in [3.63, 3.8) is 0 Å². The molecule has 1 aliphatic rings. The van der Waals surface area contributed by atoms with Crippen molar-refractivity contribution in [3.8, 4) is 0 Å². The first-order valence-electron chi connectivity index (χ1n) is 6.22. The fourth-order valence-electron chi connectivity index (χ4n) is 2.45. The van der Waals surface area contributed by atoms with Crippen LogP contribution in [0.1, 0.15) is 12.0 Å². The summed E-state index contributed by atoms with van der Waals surface area (Å²) in [6, 6.07) is 9.89. The van der Waals surface area contributed by atoms with Crippen LogP contribution in [0, 0.1) is 0 Å². The van der Waals surface area contributed by atoms with Gasteiger partial charge in [-0.2, -0.15) is 0 Å². The quantitative estimate of drug-likeness (QED) is 0.788. The maximum Gasteiger partial charge on any atom is 0.347 e. The highest BCUT2D eigenvalue weighted by atomic mass is 16.2. The summed E-state index contributed by atoms with van der Waals surface area (Å²) in [6.07, 6.45) is 1.59. The lowest BCUT2D eigenvalue weighted by Crippen LogP contribution is -2.30. The molecule has 1 aromatic heterocycles. The van der Waals surface area contributed by atoms with Crippen LogP contribution in [0.2, 0.25) is 0 Å². The summed E-state index contributed by atoms with van der Waals surface area (Å²) in [5.74, 6) is 0. The van der Waals surface area contributed by atoms with E-state index in [1.807, 2.05) is 30.3 Å². The van der Waals surface area contributed by atoms with Crippen LogP contribution in [0.4, 0.5) is 0 Å². The molecule has 94 valence electrons. The van der Waals surface area contributed by atoms with Gasteiger partial charge in [0.15, 0.2) is 0 Å². The number of fused-ring (bicyclic) bond motifs is 1.